The molecule has 0 saturated carbocycles. The molecule has 0 spiro atoms. The van der Waals surface area contributed by atoms with Crippen molar-refractivity contribution >= 4 is 28.9 Å². The van der Waals surface area contributed by atoms with Crippen LogP contribution in [0.4, 0.5) is 11.4 Å². The first-order valence-corrected chi connectivity index (χ1v) is 9.63. The third kappa shape index (κ3) is 3.39. The summed E-state index contributed by atoms with van der Waals surface area (Å²) in [6, 6.07) is 1.79. The van der Waals surface area contributed by atoms with E-state index in [4.69, 9.17) is 0 Å². The lowest BCUT2D eigenvalue weighted by molar-refractivity contribution is -0.119. The number of fused-ring (bicyclic) bond motifs is 1. The van der Waals surface area contributed by atoms with E-state index in [2.05, 4.69) is 14.8 Å². The van der Waals surface area contributed by atoms with Crippen LogP contribution in [0.2, 0.25) is 0 Å². The molecule has 2 saturated heterocycles. The number of nitrogens with zero attached hydrogens (tertiary/aromatic N) is 5. The van der Waals surface area contributed by atoms with E-state index in [9.17, 15) is 24.6 Å². The average molecular weight is 401 g/mol. The Bertz CT molecular complexity index is 1040. The van der Waals surface area contributed by atoms with Crippen LogP contribution in [-0.4, -0.2) is 76.1 Å². The maximum Gasteiger partial charge on any atom is 0.358 e. The summed E-state index contributed by atoms with van der Waals surface area (Å²) in [6.07, 6.45) is 3.54. The normalized spacial score (nSPS) is 18.4. The minimum Gasteiger partial charge on any atom is -0.501 e. The number of carboxylic acid groups (broad SMARTS) is 1. The Morgan fingerprint density at radius 3 is 2.48 bits per heavy atom. The Labute approximate surface area is 166 Å². The van der Waals surface area contributed by atoms with Crippen molar-refractivity contribution in [3.05, 3.63) is 28.3 Å². The molecule has 0 aromatic carbocycles. The van der Waals surface area contributed by atoms with Crippen molar-refractivity contribution in [1.29, 1.82) is 0 Å². The zero-order valence-corrected chi connectivity index (χ0v) is 16.2. The Morgan fingerprint density at radius 1 is 1.10 bits per heavy atom. The molecule has 4 rings (SSSR count). The number of piperazine rings is 1. The van der Waals surface area contributed by atoms with Crippen molar-refractivity contribution < 1.29 is 19.8 Å². The largest absolute Gasteiger partial charge is 0.501 e. The molecular weight excluding hydrogens is 378 g/mol. The van der Waals surface area contributed by atoms with Crippen LogP contribution in [0.25, 0.3) is 5.65 Å². The average Bonchev–Trinajstić information content (AvgIpc) is 2.71. The molecule has 1 amide bonds. The number of hydrogen-bond acceptors (Lipinski definition) is 7. The van der Waals surface area contributed by atoms with Crippen molar-refractivity contribution in [3.63, 3.8) is 0 Å². The maximum absolute atomic E-state index is 12.7. The number of anilines is 2. The van der Waals surface area contributed by atoms with E-state index in [1.807, 2.05) is 7.05 Å². The minimum atomic E-state index is -1.50. The van der Waals surface area contributed by atoms with Gasteiger partial charge in [-0.05, 0) is 26.0 Å². The van der Waals surface area contributed by atoms with Gasteiger partial charge in [-0.25, -0.2) is 9.78 Å². The van der Waals surface area contributed by atoms with Crippen molar-refractivity contribution in [3.8, 4) is 5.75 Å². The highest BCUT2D eigenvalue weighted by molar-refractivity contribution is 5.99. The van der Waals surface area contributed by atoms with Gasteiger partial charge in [0.15, 0.2) is 11.3 Å². The lowest BCUT2D eigenvalue weighted by Crippen LogP contribution is -2.45. The number of pyridine rings is 1. The zero-order chi connectivity index (χ0) is 20.7. The molecule has 0 atom stereocenters. The molecule has 2 fully saturated rings. The summed E-state index contributed by atoms with van der Waals surface area (Å²) < 4.78 is 1.15. The Kier molecular flexibility index (Phi) is 4.87. The second-order valence-corrected chi connectivity index (χ2v) is 7.49. The number of carboxylic acids is 1. The molecule has 0 radical (unpaired) electrons. The van der Waals surface area contributed by atoms with E-state index in [-0.39, 0.29) is 11.6 Å². The molecule has 0 unspecified atom stereocenters. The van der Waals surface area contributed by atoms with Crippen LogP contribution < -0.4 is 15.4 Å². The van der Waals surface area contributed by atoms with Gasteiger partial charge >= 0.3 is 11.5 Å². The van der Waals surface area contributed by atoms with Gasteiger partial charge in [0.1, 0.15) is 0 Å². The van der Waals surface area contributed by atoms with E-state index in [0.29, 0.717) is 18.7 Å². The maximum atomic E-state index is 12.7. The van der Waals surface area contributed by atoms with Crippen molar-refractivity contribution in [1.82, 2.24) is 14.3 Å². The second-order valence-electron chi connectivity index (χ2n) is 7.49. The van der Waals surface area contributed by atoms with Crippen LogP contribution in [0.3, 0.4) is 0 Å². The molecular formula is C19H23N5O5. The van der Waals surface area contributed by atoms with E-state index in [1.54, 1.807) is 17.2 Å². The molecule has 0 aliphatic carbocycles. The standard InChI is InChI=1S/C19H23N5O5/c1-21-6-8-22(9-7-21)12-10-13(23-5-3-2-4-14(23)25)17-20-15(19(28)29)16(26)18(27)24(17)11-12/h10-11,26H,2-9H2,1H3,(H,28,29). The number of aromatic carboxylic acids is 1. The van der Waals surface area contributed by atoms with E-state index in [1.165, 1.54) is 0 Å². The van der Waals surface area contributed by atoms with Gasteiger partial charge in [0.25, 0.3) is 0 Å². The van der Waals surface area contributed by atoms with Gasteiger partial charge in [0, 0.05) is 45.3 Å². The zero-order valence-electron chi connectivity index (χ0n) is 16.2. The number of carbonyl (C=O) groups is 2. The molecule has 10 nitrogen and oxygen atoms in total. The van der Waals surface area contributed by atoms with Gasteiger partial charge in [0.05, 0.1) is 11.4 Å². The van der Waals surface area contributed by atoms with Gasteiger partial charge in [-0.1, -0.05) is 0 Å². The molecule has 0 bridgehead atoms. The van der Waals surface area contributed by atoms with Crippen LogP contribution in [0.1, 0.15) is 29.8 Å². The summed E-state index contributed by atoms with van der Waals surface area (Å²) >= 11 is 0. The first kappa shape index (κ1) is 19.2. The number of rotatable bonds is 3. The predicted molar refractivity (Wildman–Crippen MR) is 106 cm³/mol. The van der Waals surface area contributed by atoms with Crippen LogP contribution in [0.15, 0.2) is 17.1 Å². The number of amides is 1. The molecule has 2 aromatic heterocycles. The van der Waals surface area contributed by atoms with Gasteiger partial charge in [-0.2, -0.15) is 0 Å². The third-order valence-corrected chi connectivity index (χ3v) is 5.55. The number of hydrogen-bond donors (Lipinski definition) is 2. The molecule has 2 aliphatic heterocycles. The third-order valence-electron chi connectivity index (χ3n) is 5.55. The Balaban J connectivity index is 1.94. The molecule has 2 aromatic rings. The minimum absolute atomic E-state index is 0.0540. The predicted octanol–water partition coefficient (Wildman–Crippen LogP) is 0.367. The summed E-state index contributed by atoms with van der Waals surface area (Å²) in [5.74, 6) is -2.50. The van der Waals surface area contributed by atoms with Gasteiger partial charge in [-0.15, -0.1) is 0 Å². The smallest absolute Gasteiger partial charge is 0.358 e. The van der Waals surface area contributed by atoms with Gasteiger partial charge in [-0.3, -0.25) is 14.0 Å². The quantitative estimate of drug-likeness (QED) is 0.757. The lowest BCUT2D eigenvalue weighted by Gasteiger charge is -2.35. The number of aromatic hydroxyl groups is 1. The van der Waals surface area contributed by atoms with E-state index in [0.717, 1.165) is 49.1 Å². The van der Waals surface area contributed by atoms with E-state index < -0.39 is 23.0 Å². The molecule has 2 N–H and O–H groups in total. The second kappa shape index (κ2) is 7.36. The molecule has 10 heteroatoms. The van der Waals surface area contributed by atoms with Crippen LogP contribution in [-0.2, 0) is 4.79 Å². The fourth-order valence-corrected chi connectivity index (χ4v) is 3.84. The fraction of sp³-hybridized carbons (Fsp3) is 0.474. The number of carbonyl (C=O) groups excluding carboxylic acids is 1. The van der Waals surface area contributed by atoms with Crippen LogP contribution in [0.5, 0.6) is 5.75 Å². The summed E-state index contributed by atoms with van der Waals surface area (Å²) in [7, 11) is 2.04. The SMILES string of the molecule is CN1CCN(c2cc(N3CCCCC3=O)c3nc(C(=O)O)c(O)c(=O)n3c2)CC1. The topological polar surface area (TPSA) is 119 Å². The Hall–Kier alpha value is -3.14. The summed E-state index contributed by atoms with van der Waals surface area (Å²) in [4.78, 5) is 46.7. The monoisotopic (exact) mass is 401 g/mol. The summed E-state index contributed by atoms with van der Waals surface area (Å²) in [6.45, 7) is 3.67. The fourth-order valence-electron chi connectivity index (χ4n) is 3.84. The van der Waals surface area contributed by atoms with Gasteiger partial charge < -0.3 is 24.9 Å². The summed E-state index contributed by atoms with van der Waals surface area (Å²) in [5, 5.41) is 19.4. The first-order valence-electron chi connectivity index (χ1n) is 9.63. The van der Waals surface area contributed by atoms with Crippen molar-refractivity contribution in [2.75, 3.05) is 49.6 Å². The van der Waals surface area contributed by atoms with Crippen LogP contribution in [0, 0.1) is 0 Å². The molecule has 2 aliphatic rings. The first-order chi connectivity index (χ1) is 13.9. The highest BCUT2D eigenvalue weighted by atomic mass is 16.4. The summed E-state index contributed by atoms with van der Waals surface area (Å²) in [5.41, 5.74) is -0.406. The van der Waals surface area contributed by atoms with E-state index >= 15 is 0 Å². The number of piperidine rings is 1. The van der Waals surface area contributed by atoms with Crippen molar-refractivity contribution in [2.24, 2.45) is 0 Å². The highest BCUT2D eigenvalue weighted by Gasteiger charge is 2.27. The lowest BCUT2D eigenvalue weighted by atomic mass is 10.1. The van der Waals surface area contributed by atoms with Crippen molar-refractivity contribution in [2.45, 2.75) is 19.3 Å². The van der Waals surface area contributed by atoms with Gasteiger partial charge in [0.2, 0.25) is 11.7 Å². The molecule has 4 heterocycles. The molecule has 29 heavy (non-hydrogen) atoms. The Morgan fingerprint density at radius 2 is 1.83 bits per heavy atom. The molecule has 154 valence electrons. The number of likely N-dealkylation sites (N-methyl/N-ethyl adjacent to an activating group) is 1. The van der Waals surface area contributed by atoms with Crippen LogP contribution >= 0.6 is 0 Å². The number of aromatic nitrogens is 2. The highest BCUT2D eigenvalue weighted by Crippen LogP contribution is 2.30.